The number of carbonyl (C=O) groups excluding carboxylic acids is 2. The van der Waals surface area contributed by atoms with E-state index in [4.69, 9.17) is 4.42 Å². The van der Waals surface area contributed by atoms with Crippen LogP contribution in [0.4, 0.5) is 4.39 Å². The number of rotatable bonds is 5. The molecule has 0 fully saturated rings. The molecule has 39 heavy (non-hydrogen) atoms. The molecule has 3 N–H and O–H groups in total. The maximum absolute atomic E-state index is 13.5. The van der Waals surface area contributed by atoms with E-state index in [9.17, 15) is 19.1 Å². The molecule has 1 heterocycles. The van der Waals surface area contributed by atoms with Crippen molar-refractivity contribution in [3.63, 3.8) is 0 Å². The smallest absolute Gasteiger partial charge is 0.255 e. The van der Waals surface area contributed by atoms with Gasteiger partial charge in [0.25, 0.3) is 11.8 Å². The van der Waals surface area contributed by atoms with E-state index in [-0.39, 0.29) is 29.4 Å². The van der Waals surface area contributed by atoms with Gasteiger partial charge in [-0.15, -0.1) is 0 Å². The lowest BCUT2D eigenvalue weighted by Crippen LogP contribution is -2.27. The molecule has 194 valence electrons. The molecular formula is C32H25FN2O4. The summed E-state index contributed by atoms with van der Waals surface area (Å²) in [4.78, 5) is 26.1. The van der Waals surface area contributed by atoms with Crippen LogP contribution >= 0.6 is 0 Å². The van der Waals surface area contributed by atoms with Crippen LogP contribution < -0.4 is 10.6 Å². The summed E-state index contributed by atoms with van der Waals surface area (Å²) in [6.07, 6.45) is 1.62. The molecule has 0 spiro atoms. The number of carbonyl (C=O) groups is 2. The van der Waals surface area contributed by atoms with Gasteiger partial charge in [-0.3, -0.25) is 9.59 Å². The molecule has 0 saturated heterocycles. The standard InChI is InChI=1S/C32H25FN2O4/c1-34-32(38)29-26-16-21(9-14-28(26)39-30(29)19-5-10-23(33)11-6-19)20-3-2-4-22(15-20)31(37)35-27-13-8-18-7-12-24(36)17-25(18)27/h2-7,9-12,14-17,27,36H,8,13H2,1H3,(H,34,38)(H,35,37). The maximum Gasteiger partial charge on any atom is 0.255 e. The second-order valence-corrected chi connectivity index (χ2v) is 9.63. The minimum absolute atomic E-state index is 0.162. The Morgan fingerprint density at radius 3 is 2.46 bits per heavy atom. The van der Waals surface area contributed by atoms with E-state index < -0.39 is 0 Å². The van der Waals surface area contributed by atoms with Crippen molar-refractivity contribution in [1.82, 2.24) is 10.6 Å². The summed E-state index contributed by atoms with van der Waals surface area (Å²) in [6.45, 7) is 0. The molecule has 6 nitrogen and oxygen atoms in total. The number of benzene rings is 4. The van der Waals surface area contributed by atoms with Gasteiger partial charge in [-0.2, -0.15) is 0 Å². The molecule has 7 heteroatoms. The fraction of sp³-hybridized carbons (Fsp3) is 0.125. The van der Waals surface area contributed by atoms with Crippen LogP contribution in [0.25, 0.3) is 33.4 Å². The molecule has 6 rings (SSSR count). The lowest BCUT2D eigenvalue weighted by atomic mass is 9.98. The molecule has 1 aliphatic carbocycles. The van der Waals surface area contributed by atoms with E-state index in [2.05, 4.69) is 10.6 Å². The number of hydrogen-bond acceptors (Lipinski definition) is 4. The summed E-state index contributed by atoms with van der Waals surface area (Å²) < 4.78 is 19.6. The third-order valence-corrected chi connectivity index (χ3v) is 7.22. The van der Waals surface area contributed by atoms with Crippen LogP contribution in [0.2, 0.25) is 0 Å². The Morgan fingerprint density at radius 1 is 0.897 bits per heavy atom. The van der Waals surface area contributed by atoms with E-state index in [1.807, 2.05) is 36.4 Å². The normalized spacial score (nSPS) is 14.3. The molecule has 0 bridgehead atoms. The third-order valence-electron chi connectivity index (χ3n) is 7.22. The zero-order valence-corrected chi connectivity index (χ0v) is 21.1. The van der Waals surface area contributed by atoms with Crippen molar-refractivity contribution in [2.45, 2.75) is 18.9 Å². The number of furan rings is 1. The zero-order chi connectivity index (χ0) is 27.1. The first-order valence-electron chi connectivity index (χ1n) is 12.7. The van der Waals surface area contributed by atoms with Crippen molar-refractivity contribution in [2.24, 2.45) is 0 Å². The fourth-order valence-electron chi connectivity index (χ4n) is 5.25. The van der Waals surface area contributed by atoms with Gasteiger partial charge in [-0.1, -0.05) is 24.3 Å². The Bertz CT molecular complexity index is 1740. The molecule has 1 unspecified atom stereocenters. The van der Waals surface area contributed by atoms with E-state index in [1.54, 1.807) is 43.4 Å². The first-order chi connectivity index (χ1) is 18.9. The molecule has 1 aliphatic rings. The van der Waals surface area contributed by atoms with E-state index in [0.717, 1.165) is 35.1 Å². The highest BCUT2D eigenvalue weighted by Gasteiger charge is 2.25. The summed E-state index contributed by atoms with van der Waals surface area (Å²) in [5, 5.41) is 16.3. The second-order valence-electron chi connectivity index (χ2n) is 9.63. The van der Waals surface area contributed by atoms with Gasteiger partial charge in [-0.05, 0) is 95.8 Å². The van der Waals surface area contributed by atoms with Crippen molar-refractivity contribution >= 4 is 22.8 Å². The number of aryl methyl sites for hydroxylation is 1. The van der Waals surface area contributed by atoms with Gasteiger partial charge in [0.15, 0.2) is 0 Å². The Kier molecular flexibility index (Phi) is 6.11. The van der Waals surface area contributed by atoms with Gasteiger partial charge >= 0.3 is 0 Å². The molecule has 0 radical (unpaired) electrons. The fourth-order valence-corrected chi connectivity index (χ4v) is 5.25. The van der Waals surface area contributed by atoms with Crippen LogP contribution in [0.1, 0.15) is 44.3 Å². The van der Waals surface area contributed by atoms with Crippen molar-refractivity contribution in [2.75, 3.05) is 7.05 Å². The topological polar surface area (TPSA) is 91.6 Å². The van der Waals surface area contributed by atoms with Crippen LogP contribution in [0.5, 0.6) is 5.75 Å². The van der Waals surface area contributed by atoms with E-state index >= 15 is 0 Å². The van der Waals surface area contributed by atoms with Gasteiger partial charge in [0.1, 0.15) is 22.9 Å². The zero-order valence-electron chi connectivity index (χ0n) is 21.1. The number of aromatic hydroxyl groups is 1. The van der Waals surface area contributed by atoms with Gasteiger partial charge in [0.2, 0.25) is 0 Å². The number of phenolic OH excluding ortho intramolecular Hbond substituents is 1. The average Bonchev–Trinajstić information content (AvgIpc) is 3.53. The van der Waals surface area contributed by atoms with Gasteiger partial charge < -0.3 is 20.2 Å². The Balaban J connectivity index is 1.34. The quantitative estimate of drug-likeness (QED) is 0.251. The number of hydrogen-bond donors (Lipinski definition) is 3. The summed E-state index contributed by atoms with van der Waals surface area (Å²) >= 11 is 0. The number of fused-ring (bicyclic) bond motifs is 2. The highest BCUT2D eigenvalue weighted by Crippen LogP contribution is 2.37. The minimum atomic E-state index is -0.377. The van der Waals surface area contributed by atoms with Crippen LogP contribution in [-0.4, -0.2) is 24.0 Å². The molecule has 0 saturated carbocycles. The number of phenols is 1. The van der Waals surface area contributed by atoms with Crippen LogP contribution in [0.3, 0.4) is 0 Å². The molecule has 5 aromatic rings. The summed E-state index contributed by atoms with van der Waals surface area (Å²) in [5.41, 5.74) is 5.67. The monoisotopic (exact) mass is 520 g/mol. The van der Waals surface area contributed by atoms with Crippen LogP contribution in [0, 0.1) is 5.82 Å². The SMILES string of the molecule is CNC(=O)c1c(-c2ccc(F)cc2)oc2ccc(-c3cccc(C(=O)NC4CCc5ccc(O)cc54)c3)cc12. The van der Waals surface area contributed by atoms with E-state index in [0.29, 0.717) is 33.4 Å². The minimum Gasteiger partial charge on any atom is -0.508 e. The number of nitrogens with one attached hydrogen (secondary N) is 2. The largest absolute Gasteiger partial charge is 0.508 e. The Morgan fingerprint density at radius 2 is 1.67 bits per heavy atom. The molecule has 4 aromatic carbocycles. The molecular weight excluding hydrogens is 495 g/mol. The van der Waals surface area contributed by atoms with Crippen LogP contribution in [0.15, 0.2) is 89.3 Å². The predicted molar refractivity (Wildman–Crippen MR) is 147 cm³/mol. The van der Waals surface area contributed by atoms with Gasteiger partial charge in [0, 0.05) is 23.6 Å². The first kappa shape index (κ1) is 24.4. The Labute approximate surface area is 224 Å². The van der Waals surface area contributed by atoms with E-state index in [1.165, 1.54) is 12.1 Å². The van der Waals surface area contributed by atoms with Crippen molar-refractivity contribution in [3.05, 3.63) is 113 Å². The summed E-state index contributed by atoms with van der Waals surface area (Å²) in [5.74, 6) is -0.353. The number of amides is 2. The van der Waals surface area contributed by atoms with Crippen molar-refractivity contribution in [1.29, 1.82) is 0 Å². The summed E-state index contributed by atoms with van der Waals surface area (Å²) in [6, 6.07) is 23.8. The highest BCUT2D eigenvalue weighted by atomic mass is 19.1. The second kappa shape index (κ2) is 9.76. The van der Waals surface area contributed by atoms with Crippen molar-refractivity contribution < 1.29 is 23.5 Å². The van der Waals surface area contributed by atoms with Gasteiger partial charge in [-0.25, -0.2) is 4.39 Å². The Hall–Kier alpha value is -4.91. The molecule has 0 aliphatic heterocycles. The lowest BCUT2D eigenvalue weighted by molar-refractivity contribution is 0.0934. The molecule has 2 amide bonds. The third kappa shape index (κ3) is 4.52. The molecule has 1 atom stereocenters. The maximum atomic E-state index is 13.5. The number of halogens is 1. The highest BCUT2D eigenvalue weighted by molar-refractivity contribution is 6.11. The average molecular weight is 521 g/mol. The lowest BCUT2D eigenvalue weighted by Gasteiger charge is -2.15. The predicted octanol–water partition coefficient (Wildman–Crippen LogP) is 6.39. The van der Waals surface area contributed by atoms with Gasteiger partial charge in [0.05, 0.1) is 11.6 Å². The summed E-state index contributed by atoms with van der Waals surface area (Å²) in [7, 11) is 1.55. The van der Waals surface area contributed by atoms with Crippen LogP contribution in [-0.2, 0) is 6.42 Å². The molecule has 1 aromatic heterocycles. The van der Waals surface area contributed by atoms with Crippen molar-refractivity contribution in [3.8, 4) is 28.2 Å². The first-order valence-corrected chi connectivity index (χ1v) is 12.7.